The number of hydrogen-bond acceptors (Lipinski definition) is 3. The van der Waals surface area contributed by atoms with E-state index in [1.54, 1.807) is 5.57 Å². The van der Waals surface area contributed by atoms with Crippen LogP contribution in [0.3, 0.4) is 0 Å². The summed E-state index contributed by atoms with van der Waals surface area (Å²) in [7, 11) is 0. The van der Waals surface area contributed by atoms with Crippen LogP contribution in [0.2, 0.25) is 0 Å². The second-order valence-corrected chi connectivity index (χ2v) is 10.0. The molecule has 0 spiro atoms. The number of aliphatic hydroxyl groups excluding tert-OH is 3. The minimum Gasteiger partial charge on any atom is -0.393 e. The second-order valence-electron chi connectivity index (χ2n) is 10.0. The van der Waals surface area contributed by atoms with Gasteiger partial charge in [0.05, 0.1) is 18.3 Å². The molecular formula is C26H40O3. The molecule has 0 aromatic rings. The van der Waals surface area contributed by atoms with Crippen molar-refractivity contribution in [2.24, 2.45) is 23.2 Å². The van der Waals surface area contributed by atoms with Gasteiger partial charge < -0.3 is 15.3 Å². The molecule has 0 bridgehead atoms. The summed E-state index contributed by atoms with van der Waals surface area (Å²) in [5, 5.41) is 29.7. The van der Waals surface area contributed by atoms with Crippen molar-refractivity contribution in [3.05, 3.63) is 47.6 Å². The van der Waals surface area contributed by atoms with Crippen molar-refractivity contribution in [2.45, 2.75) is 90.4 Å². The Balaban J connectivity index is 1.72. The van der Waals surface area contributed by atoms with E-state index in [1.165, 1.54) is 32.1 Å². The number of hydrogen-bond donors (Lipinski definition) is 3. The van der Waals surface area contributed by atoms with Gasteiger partial charge in [0, 0.05) is 0 Å². The molecule has 3 aliphatic carbocycles. The Morgan fingerprint density at radius 2 is 1.83 bits per heavy atom. The molecule has 162 valence electrons. The first-order valence-electron chi connectivity index (χ1n) is 11.5. The monoisotopic (exact) mass is 400 g/mol. The Morgan fingerprint density at radius 1 is 1.14 bits per heavy atom. The van der Waals surface area contributed by atoms with Crippen LogP contribution in [0.4, 0.5) is 0 Å². The van der Waals surface area contributed by atoms with Crippen LogP contribution < -0.4 is 0 Å². The summed E-state index contributed by atoms with van der Waals surface area (Å²) in [4.78, 5) is 0. The third kappa shape index (κ3) is 4.95. The predicted octanol–water partition coefficient (Wildman–Crippen LogP) is 5.09. The quantitative estimate of drug-likeness (QED) is 0.563. The Hall–Kier alpha value is -1.16. The molecule has 3 N–H and O–H groups in total. The zero-order valence-corrected chi connectivity index (χ0v) is 18.5. The summed E-state index contributed by atoms with van der Waals surface area (Å²) in [5.74, 6) is 1.87. The standard InChI is InChI=1S/C26H40O3/c1-17(7-5-8-18(2)27)22-12-13-23-21(9-6-14-26(22,23)4)11-10-20-15-24(28)19(3)25(29)16-20/h5,7,10-11,17-18,22-25,27-29H,3,6,8-9,12-16H2,1-2,4H3/b7-5+,21-11+/t17-,18-,22+,23-,24+,25+,26+/m0/s1. The van der Waals surface area contributed by atoms with Gasteiger partial charge in [-0.2, -0.15) is 0 Å². The van der Waals surface area contributed by atoms with Gasteiger partial charge in [0.1, 0.15) is 0 Å². The van der Waals surface area contributed by atoms with Gasteiger partial charge in [0.15, 0.2) is 0 Å². The van der Waals surface area contributed by atoms with Crippen LogP contribution in [0.25, 0.3) is 0 Å². The van der Waals surface area contributed by atoms with Crippen LogP contribution in [0.15, 0.2) is 47.6 Å². The molecular weight excluding hydrogens is 360 g/mol. The fourth-order valence-electron chi connectivity index (χ4n) is 6.19. The molecule has 0 radical (unpaired) electrons. The Bertz CT molecular complexity index is 670. The van der Waals surface area contributed by atoms with Crippen LogP contribution in [-0.2, 0) is 0 Å². The third-order valence-electron chi connectivity index (χ3n) is 7.89. The van der Waals surface area contributed by atoms with Gasteiger partial charge in [-0.3, -0.25) is 0 Å². The summed E-state index contributed by atoms with van der Waals surface area (Å²) >= 11 is 0. The van der Waals surface area contributed by atoms with Gasteiger partial charge in [-0.1, -0.05) is 55.9 Å². The molecule has 29 heavy (non-hydrogen) atoms. The molecule has 0 aliphatic heterocycles. The van der Waals surface area contributed by atoms with Crippen molar-refractivity contribution in [3.63, 3.8) is 0 Å². The average molecular weight is 401 g/mol. The number of fused-ring (bicyclic) bond motifs is 1. The minimum absolute atomic E-state index is 0.267. The fraction of sp³-hybridized carbons (Fsp3) is 0.692. The molecule has 7 atom stereocenters. The lowest BCUT2D eigenvalue weighted by molar-refractivity contribution is 0.112. The molecule has 3 nitrogen and oxygen atoms in total. The van der Waals surface area contributed by atoms with Crippen LogP contribution >= 0.6 is 0 Å². The van der Waals surface area contributed by atoms with Crippen molar-refractivity contribution in [2.75, 3.05) is 0 Å². The molecule has 0 heterocycles. The van der Waals surface area contributed by atoms with Crippen LogP contribution in [0.5, 0.6) is 0 Å². The zero-order valence-electron chi connectivity index (χ0n) is 18.5. The second kappa shape index (κ2) is 9.32. The highest BCUT2D eigenvalue weighted by Crippen LogP contribution is 2.59. The van der Waals surface area contributed by atoms with Gasteiger partial charge in [-0.25, -0.2) is 0 Å². The van der Waals surface area contributed by atoms with E-state index < -0.39 is 12.2 Å². The van der Waals surface area contributed by atoms with Crippen LogP contribution in [0, 0.1) is 23.2 Å². The van der Waals surface area contributed by atoms with Crippen molar-refractivity contribution < 1.29 is 15.3 Å². The van der Waals surface area contributed by atoms with E-state index in [0.29, 0.717) is 41.6 Å². The molecule has 3 heteroatoms. The van der Waals surface area contributed by atoms with E-state index >= 15 is 0 Å². The van der Waals surface area contributed by atoms with Gasteiger partial charge in [0.25, 0.3) is 0 Å². The van der Waals surface area contributed by atoms with E-state index in [9.17, 15) is 15.3 Å². The van der Waals surface area contributed by atoms with E-state index in [1.807, 2.05) is 6.92 Å². The maximum Gasteiger partial charge on any atom is 0.0809 e. The maximum absolute atomic E-state index is 10.1. The van der Waals surface area contributed by atoms with Crippen LogP contribution in [0.1, 0.15) is 72.1 Å². The summed E-state index contributed by atoms with van der Waals surface area (Å²) in [6.45, 7) is 10.5. The highest BCUT2D eigenvalue weighted by molar-refractivity contribution is 5.29. The topological polar surface area (TPSA) is 60.7 Å². The Morgan fingerprint density at radius 3 is 2.48 bits per heavy atom. The molecule has 0 amide bonds. The lowest BCUT2D eigenvalue weighted by atomic mass is 9.61. The summed E-state index contributed by atoms with van der Waals surface area (Å²) in [5.41, 5.74) is 3.58. The highest BCUT2D eigenvalue weighted by Gasteiger charge is 2.50. The van der Waals surface area contributed by atoms with E-state index in [4.69, 9.17) is 0 Å². The molecule has 0 saturated heterocycles. The molecule has 0 aromatic carbocycles. The van der Waals surface area contributed by atoms with Crippen molar-refractivity contribution >= 4 is 0 Å². The van der Waals surface area contributed by atoms with Crippen LogP contribution in [-0.4, -0.2) is 33.6 Å². The maximum atomic E-state index is 10.1. The number of rotatable bonds is 5. The van der Waals surface area contributed by atoms with E-state index in [2.05, 4.69) is 44.7 Å². The van der Waals surface area contributed by atoms with Gasteiger partial charge in [-0.05, 0) is 87.0 Å². The molecule has 3 rings (SSSR count). The lowest BCUT2D eigenvalue weighted by Crippen LogP contribution is -2.35. The summed E-state index contributed by atoms with van der Waals surface area (Å²) in [6, 6.07) is 0. The summed E-state index contributed by atoms with van der Waals surface area (Å²) in [6.07, 6.45) is 15.6. The van der Waals surface area contributed by atoms with Crippen molar-refractivity contribution in [1.29, 1.82) is 0 Å². The SMILES string of the molecule is C=C1[C@H](O)CC(=C/C=C2\CCC[C@]3(C)[C@@H]([C@@H](C)/C=C/C[C@H](C)O)CC[C@@H]23)C[C@H]1O. The first-order chi connectivity index (χ1) is 13.7. The number of allylic oxidation sites excluding steroid dienone is 4. The highest BCUT2D eigenvalue weighted by atomic mass is 16.3. The van der Waals surface area contributed by atoms with E-state index in [0.717, 1.165) is 12.0 Å². The molecule has 3 saturated carbocycles. The fourth-order valence-corrected chi connectivity index (χ4v) is 6.19. The number of aliphatic hydroxyl groups is 3. The Kier molecular flexibility index (Phi) is 7.24. The average Bonchev–Trinajstić information content (AvgIpc) is 3.01. The van der Waals surface area contributed by atoms with Crippen molar-refractivity contribution in [3.8, 4) is 0 Å². The summed E-state index contributed by atoms with van der Waals surface area (Å²) < 4.78 is 0. The largest absolute Gasteiger partial charge is 0.393 e. The normalized spacial score (nSPS) is 39.0. The van der Waals surface area contributed by atoms with Gasteiger partial charge in [-0.15, -0.1) is 0 Å². The van der Waals surface area contributed by atoms with Gasteiger partial charge in [0.2, 0.25) is 0 Å². The molecule has 3 aliphatic rings. The van der Waals surface area contributed by atoms with Crippen molar-refractivity contribution in [1.82, 2.24) is 0 Å². The zero-order chi connectivity index (χ0) is 21.2. The lowest BCUT2D eigenvalue weighted by Gasteiger charge is -2.44. The molecule has 3 fully saturated rings. The molecule has 0 aromatic heterocycles. The first-order valence-corrected chi connectivity index (χ1v) is 11.5. The molecule has 0 unspecified atom stereocenters. The van der Waals surface area contributed by atoms with E-state index in [-0.39, 0.29) is 6.10 Å². The minimum atomic E-state index is -0.620. The first kappa shape index (κ1) is 22.5. The third-order valence-corrected chi connectivity index (χ3v) is 7.89. The van der Waals surface area contributed by atoms with Gasteiger partial charge >= 0.3 is 0 Å². The smallest absolute Gasteiger partial charge is 0.0809 e. The Labute approximate surface area is 176 Å². The predicted molar refractivity (Wildman–Crippen MR) is 119 cm³/mol.